The summed E-state index contributed by atoms with van der Waals surface area (Å²) in [6.07, 6.45) is 9.70. The zero-order valence-electron chi connectivity index (χ0n) is 12.6. The molecule has 104 valence electrons. The van der Waals surface area contributed by atoms with Crippen molar-refractivity contribution in [1.82, 2.24) is 5.32 Å². The summed E-state index contributed by atoms with van der Waals surface area (Å²) in [7, 11) is 0. The maximum Gasteiger partial charge on any atom is 0.0513 e. The van der Waals surface area contributed by atoms with Gasteiger partial charge in [-0.05, 0) is 50.7 Å². The van der Waals surface area contributed by atoms with E-state index in [1.54, 1.807) is 6.08 Å². The van der Waals surface area contributed by atoms with E-state index in [9.17, 15) is 0 Å². The molecule has 2 atom stereocenters. The number of nitrogens with one attached hydrogen (secondary N) is 1. The van der Waals surface area contributed by atoms with Crippen molar-refractivity contribution < 1.29 is 0 Å². The lowest BCUT2D eigenvalue weighted by Crippen LogP contribution is -2.33. The first-order chi connectivity index (χ1) is 8.99. The minimum Gasteiger partial charge on any atom is -0.379 e. The lowest BCUT2D eigenvalue weighted by atomic mass is 9.79. The molecule has 1 rings (SSSR count). The molecule has 0 aromatic carbocycles. The molecule has 0 aliphatic heterocycles. The molecule has 0 aromatic rings. The van der Waals surface area contributed by atoms with Crippen molar-refractivity contribution in [1.29, 1.82) is 0 Å². The summed E-state index contributed by atoms with van der Waals surface area (Å²) in [5.74, 6) is 0.708. The van der Waals surface area contributed by atoms with Gasteiger partial charge in [-0.25, -0.2) is 0 Å². The molecule has 2 unspecified atom stereocenters. The molecule has 0 fully saturated rings. The van der Waals surface area contributed by atoms with Crippen molar-refractivity contribution in [3.05, 3.63) is 60.4 Å². The third-order valence-corrected chi connectivity index (χ3v) is 3.89. The molecule has 0 amide bonds. The zero-order chi connectivity index (χ0) is 14.4. The molecule has 1 heteroatoms. The van der Waals surface area contributed by atoms with Crippen LogP contribution in [0.2, 0.25) is 0 Å². The second-order valence-corrected chi connectivity index (χ2v) is 5.43. The predicted octanol–water partition coefficient (Wildman–Crippen LogP) is 4.91. The molecular weight excluding hydrogens is 230 g/mol. The molecular formula is C18H27N. The lowest BCUT2D eigenvalue weighted by Gasteiger charge is -2.32. The highest BCUT2D eigenvalue weighted by Gasteiger charge is 2.24. The molecule has 1 aliphatic carbocycles. The van der Waals surface area contributed by atoms with Crippen LogP contribution in [-0.2, 0) is 0 Å². The van der Waals surface area contributed by atoms with Gasteiger partial charge in [-0.15, -0.1) is 0 Å². The van der Waals surface area contributed by atoms with E-state index in [4.69, 9.17) is 0 Å². The van der Waals surface area contributed by atoms with Crippen molar-refractivity contribution >= 4 is 0 Å². The maximum absolute atomic E-state index is 3.97. The number of hydrogen-bond acceptors (Lipinski definition) is 1. The van der Waals surface area contributed by atoms with Gasteiger partial charge in [0, 0.05) is 5.70 Å². The van der Waals surface area contributed by atoms with Gasteiger partial charge < -0.3 is 5.32 Å². The Kier molecular flexibility index (Phi) is 5.88. The second kappa shape index (κ2) is 7.18. The molecule has 0 aromatic heterocycles. The molecule has 1 N–H and O–H groups in total. The SMILES string of the molecule is C=CC(=C)NC1CCC(CC)C(C)=C1/C=C\C(=C)C. The summed E-state index contributed by atoms with van der Waals surface area (Å²) in [6.45, 7) is 18.2. The second-order valence-electron chi connectivity index (χ2n) is 5.43. The van der Waals surface area contributed by atoms with Gasteiger partial charge in [0.05, 0.1) is 6.04 Å². The van der Waals surface area contributed by atoms with Crippen LogP contribution < -0.4 is 5.32 Å². The van der Waals surface area contributed by atoms with Crippen LogP contribution in [0.25, 0.3) is 0 Å². The van der Waals surface area contributed by atoms with Gasteiger partial charge in [-0.3, -0.25) is 0 Å². The molecule has 0 bridgehead atoms. The Labute approximate surface area is 118 Å². The Morgan fingerprint density at radius 2 is 2.05 bits per heavy atom. The highest BCUT2D eigenvalue weighted by Crippen LogP contribution is 2.33. The van der Waals surface area contributed by atoms with Gasteiger partial charge in [0.2, 0.25) is 0 Å². The minimum atomic E-state index is 0.351. The van der Waals surface area contributed by atoms with Gasteiger partial charge in [0.25, 0.3) is 0 Å². The van der Waals surface area contributed by atoms with Gasteiger partial charge in [-0.1, -0.05) is 50.0 Å². The minimum absolute atomic E-state index is 0.351. The van der Waals surface area contributed by atoms with Crippen LogP contribution in [0.5, 0.6) is 0 Å². The average molecular weight is 257 g/mol. The van der Waals surface area contributed by atoms with E-state index in [1.165, 1.54) is 24.0 Å². The maximum atomic E-state index is 3.97. The van der Waals surface area contributed by atoms with E-state index in [0.29, 0.717) is 12.0 Å². The van der Waals surface area contributed by atoms with E-state index in [1.807, 2.05) is 6.92 Å². The van der Waals surface area contributed by atoms with Gasteiger partial charge in [0.1, 0.15) is 0 Å². The third kappa shape index (κ3) is 4.27. The molecule has 19 heavy (non-hydrogen) atoms. The average Bonchev–Trinajstić information content (AvgIpc) is 2.38. The smallest absolute Gasteiger partial charge is 0.0513 e. The van der Waals surface area contributed by atoms with Crippen LogP contribution >= 0.6 is 0 Å². The quantitative estimate of drug-likeness (QED) is 0.666. The lowest BCUT2D eigenvalue weighted by molar-refractivity contribution is 0.436. The summed E-state index contributed by atoms with van der Waals surface area (Å²) < 4.78 is 0. The summed E-state index contributed by atoms with van der Waals surface area (Å²) >= 11 is 0. The number of hydrogen-bond donors (Lipinski definition) is 1. The van der Waals surface area contributed by atoms with Gasteiger partial charge >= 0.3 is 0 Å². The number of allylic oxidation sites excluding steroid dienone is 4. The van der Waals surface area contributed by atoms with Crippen molar-refractivity contribution in [3.63, 3.8) is 0 Å². The fourth-order valence-corrected chi connectivity index (χ4v) is 2.67. The van der Waals surface area contributed by atoms with E-state index in [0.717, 1.165) is 17.7 Å². The molecule has 0 saturated carbocycles. The molecule has 0 radical (unpaired) electrons. The normalized spacial score (nSPS) is 23.5. The first-order valence-electron chi connectivity index (χ1n) is 7.11. The largest absolute Gasteiger partial charge is 0.379 e. The van der Waals surface area contributed by atoms with E-state index in [-0.39, 0.29) is 0 Å². The Hall–Kier alpha value is -1.50. The standard InChI is InChI=1S/C18H27N/c1-7-14(5)19-18-12-10-16(8-2)15(6)17(18)11-9-13(3)4/h7,9,11,16,18-19H,1,3,5,8,10,12H2,2,4,6H3/b11-9-. The molecule has 1 aliphatic rings. The Bertz CT molecular complexity index is 423. The zero-order valence-corrected chi connectivity index (χ0v) is 12.6. The molecule has 0 saturated heterocycles. The highest BCUT2D eigenvalue weighted by molar-refractivity contribution is 5.37. The summed E-state index contributed by atoms with van der Waals surface area (Å²) in [4.78, 5) is 0. The fraction of sp³-hybridized carbons (Fsp3) is 0.444. The highest BCUT2D eigenvalue weighted by atomic mass is 14.9. The van der Waals surface area contributed by atoms with Crippen LogP contribution in [0.3, 0.4) is 0 Å². The van der Waals surface area contributed by atoms with Crippen LogP contribution in [0.15, 0.2) is 60.4 Å². The first-order valence-corrected chi connectivity index (χ1v) is 7.11. The van der Waals surface area contributed by atoms with Crippen molar-refractivity contribution in [2.75, 3.05) is 0 Å². The number of rotatable bonds is 6. The van der Waals surface area contributed by atoms with Crippen LogP contribution in [0, 0.1) is 5.92 Å². The Morgan fingerprint density at radius 1 is 1.37 bits per heavy atom. The predicted molar refractivity (Wildman–Crippen MR) is 85.9 cm³/mol. The summed E-state index contributed by atoms with van der Waals surface area (Å²) in [6, 6.07) is 0.351. The Balaban J connectivity index is 3.03. The molecule has 1 nitrogen and oxygen atoms in total. The van der Waals surface area contributed by atoms with Crippen molar-refractivity contribution in [3.8, 4) is 0 Å². The van der Waals surface area contributed by atoms with Gasteiger partial charge in [-0.2, -0.15) is 0 Å². The molecule has 0 spiro atoms. The first kappa shape index (κ1) is 15.6. The monoisotopic (exact) mass is 257 g/mol. The van der Waals surface area contributed by atoms with Crippen LogP contribution in [0.4, 0.5) is 0 Å². The third-order valence-electron chi connectivity index (χ3n) is 3.89. The van der Waals surface area contributed by atoms with Crippen LogP contribution in [-0.4, -0.2) is 6.04 Å². The Morgan fingerprint density at radius 3 is 2.58 bits per heavy atom. The molecule has 0 heterocycles. The van der Waals surface area contributed by atoms with E-state index < -0.39 is 0 Å². The fourth-order valence-electron chi connectivity index (χ4n) is 2.67. The van der Waals surface area contributed by atoms with Crippen LogP contribution in [0.1, 0.15) is 40.0 Å². The summed E-state index contributed by atoms with van der Waals surface area (Å²) in [5.41, 5.74) is 4.87. The van der Waals surface area contributed by atoms with Crippen molar-refractivity contribution in [2.24, 2.45) is 5.92 Å². The van der Waals surface area contributed by atoms with Crippen molar-refractivity contribution in [2.45, 2.75) is 46.1 Å². The summed E-state index contributed by atoms with van der Waals surface area (Å²) in [5, 5.41) is 3.47. The van der Waals surface area contributed by atoms with Gasteiger partial charge in [0.15, 0.2) is 0 Å². The van der Waals surface area contributed by atoms with E-state index in [2.05, 4.69) is 51.1 Å². The topological polar surface area (TPSA) is 12.0 Å². The van der Waals surface area contributed by atoms with E-state index >= 15 is 0 Å².